The van der Waals surface area contributed by atoms with E-state index in [4.69, 9.17) is 5.73 Å². The molecular formula is C14H18N4O2S. The molecule has 0 spiro atoms. The summed E-state index contributed by atoms with van der Waals surface area (Å²) in [5, 5.41) is 3.26. The van der Waals surface area contributed by atoms with E-state index in [1.165, 1.54) is 13.1 Å². The van der Waals surface area contributed by atoms with Crippen molar-refractivity contribution in [1.29, 1.82) is 0 Å². The summed E-state index contributed by atoms with van der Waals surface area (Å²) >= 11 is 0. The molecule has 1 atom stereocenters. The Balaban J connectivity index is 2.22. The normalized spacial score (nSPS) is 12.9. The van der Waals surface area contributed by atoms with E-state index in [1.807, 2.05) is 19.1 Å². The fourth-order valence-corrected chi connectivity index (χ4v) is 2.79. The summed E-state index contributed by atoms with van der Waals surface area (Å²) in [7, 11) is -2.19. The number of anilines is 2. The third-order valence-corrected chi connectivity index (χ3v) is 4.62. The summed E-state index contributed by atoms with van der Waals surface area (Å²) < 4.78 is 25.8. The molecule has 0 amide bonds. The third kappa shape index (κ3) is 3.50. The standard InChI is InChI=1S/C14H18N4O2S/c1-10(11-4-3-7-17-9-11)18-12-5-6-14(13(15)8-12)21(19,20)16-2/h3-10,16,18H,15H2,1-2H3. The first-order valence-corrected chi connectivity index (χ1v) is 7.92. The summed E-state index contributed by atoms with van der Waals surface area (Å²) in [6, 6.07) is 8.65. The van der Waals surface area contributed by atoms with Crippen molar-refractivity contribution in [1.82, 2.24) is 9.71 Å². The first-order chi connectivity index (χ1) is 9.94. The van der Waals surface area contributed by atoms with Gasteiger partial charge in [-0.3, -0.25) is 4.98 Å². The van der Waals surface area contributed by atoms with E-state index in [2.05, 4.69) is 15.0 Å². The van der Waals surface area contributed by atoms with Gasteiger partial charge in [-0.15, -0.1) is 0 Å². The Kier molecular flexibility index (Phi) is 4.44. The van der Waals surface area contributed by atoms with Crippen molar-refractivity contribution >= 4 is 21.4 Å². The molecule has 7 heteroatoms. The number of hydrogen-bond donors (Lipinski definition) is 3. The molecule has 4 N–H and O–H groups in total. The van der Waals surface area contributed by atoms with Gasteiger partial charge in [0.05, 0.1) is 11.7 Å². The number of rotatable bonds is 5. The predicted molar refractivity (Wildman–Crippen MR) is 83.4 cm³/mol. The molecule has 0 bridgehead atoms. The highest BCUT2D eigenvalue weighted by atomic mass is 32.2. The quantitative estimate of drug-likeness (QED) is 0.731. The highest BCUT2D eigenvalue weighted by Crippen LogP contribution is 2.25. The molecule has 0 saturated heterocycles. The Morgan fingerprint density at radius 2 is 2.05 bits per heavy atom. The lowest BCUT2D eigenvalue weighted by Gasteiger charge is -2.16. The molecule has 2 aromatic rings. The predicted octanol–water partition coefficient (Wildman–Crippen LogP) is 1.75. The first kappa shape index (κ1) is 15.3. The van der Waals surface area contributed by atoms with Crippen LogP contribution < -0.4 is 15.8 Å². The topological polar surface area (TPSA) is 97.1 Å². The molecule has 1 aromatic heterocycles. The second-order valence-electron chi connectivity index (χ2n) is 4.61. The van der Waals surface area contributed by atoms with Crippen LogP contribution in [0.2, 0.25) is 0 Å². The molecule has 6 nitrogen and oxygen atoms in total. The van der Waals surface area contributed by atoms with Gasteiger partial charge in [-0.1, -0.05) is 6.07 Å². The van der Waals surface area contributed by atoms with Crippen LogP contribution in [-0.2, 0) is 10.0 Å². The zero-order valence-electron chi connectivity index (χ0n) is 11.9. The maximum atomic E-state index is 11.8. The maximum Gasteiger partial charge on any atom is 0.242 e. The molecule has 1 aromatic carbocycles. The minimum Gasteiger partial charge on any atom is -0.398 e. The molecule has 0 radical (unpaired) electrons. The molecule has 0 saturated carbocycles. The van der Waals surface area contributed by atoms with Gasteiger partial charge in [0.25, 0.3) is 0 Å². The Morgan fingerprint density at radius 1 is 1.29 bits per heavy atom. The summed E-state index contributed by atoms with van der Waals surface area (Å²) in [5.41, 5.74) is 7.81. The van der Waals surface area contributed by atoms with Crippen LogP contribution in [0.15, 0.2) is 47.6 Å². The van der Waals surface area contributed by atoms with Crippen molar-refractivity contribution in [2.24, 2.45) is 0 Å². The van der Waals surface area contributed by atoms with Gasteiger partial charge in [-0.2, -0.15) is 0 Å². The van der Waals surface area contributed by atoms with Crippen LogP contribution >= 0.6 is 0 Å². The zero-order chi connectivity index (χ0) is 15.5. The lowest BCUT2D eigenvalue weighted by Crippen LogP contribution is -2.20. The van der Waals surface area contributed by atoms with Crippen molar-refractivity contribution in [3.05, 3.63) is 48.3 Å². The second-order valence-corrected chi connectivity index (χ2v) is 6.47. The maximum absolute atomic E-state index is 11.8. The second kappa shape index (κ2) is 6.11. The van der Waals surface area contributed by atoms with E-state index < -0.39 is 10.0 Å². The molecule has 1 heterocycles. The number of benzene rings is 1. The van der Waals surface area contributed by atoms with Crippen LogP contribution in [-0.4, -0.2) is 20.4 Å². The Hall–Kier alpha value is -2.12. The summed E-state index contributed by atoms with van der Waals surface area (Å²) in [6.07, 6.45) is 3.49. The number of sulfonamides is 1. The summed E-state index contributed by atoms with van der Waals surface area (Å²) in [5.74, 6) is 0. The van der Waals surface area contributed by atoms with Crippen molar-refractivity contribution < 1.29 is 8.42 Å². The van der Waals surface area contributed by atoms with Gasteiger partial charge in [0.1, 0.15) is 4.90 Å². The number of hydrogen-bond acceptors (Lipinski definition) is 5. The Labute approximate surface area is 124 Å². The fraction of sp³-hybridized carbons (Fsp3) is 0.214. The van der Waals surface area contributed by atoms with E-state index in [1.54, 1.807) is 24.5 Å². The van der Waals surface area contributed by atoms with Gasteiger partial charge in [-0.25, -0.2) is 13.1 Å². The lowest BCUT2D eigenvalue weighted by molar-refractivity contribution is 0.588. The smallest absolute Gasteiger partial charge is 0.242 e. The van der Waals surface area contributed by atoms with E-state index >= 15 is 0 Å². The molecule has 0 fully saturated rings. The van der Waals surface area contributed by atoms with Gasteiger partial charge in [0, 0.05) is 18.1 Å². The minimum absolute atomic E-state index is 0.0323. The summed E-state index contributed by atoms with van der Waals surface area (Å²) in [4.78, 5) is 4.14. The minimum atomic E-state index is -3.54. The van der Waals surface area contributed by atoms with Crippen LogP contribution in [0.5, 0.6) is 0 Å². The molecule has 112 valence electrons. The van der Waals surface area contributed by atoms with Crippen molar-refractivity contribution in [2.45, 2.75) is 17.9 Å². The van der Waals surface area contributed by atoms with E-state index in [-0.39, 0.29) is 16.6 Å². The zero-order valence-corrected chi connectivity index (χ0v) is 12.7. The van der Waals surface area contributed by atoms with Crippen molar-refractivity contribution in [2.75, 3.05) is 18.1 Å². The molecule has 21 heavy (non-hydrogen) atoms. The summed E-state index contributed by atoms with van der Waals surface area (Å²) in [6.45, 7) is 1.99. The Bertz CT molecular complexity index is 717. The SMILES string of the molecule is CNS(=O)(=O)c1ccc(NC(C)c2cccnc2)cc1N. The van der Waals surface area contributed by atoms with Gasteiger partial charge >= 0.3 is 0 Å². The number of nitrogens with two attached hydrogens (primary N) is 1. The number of nitrogens with one attached hydrogen (secondary N) is 2. The van der Waals surface area contributed by atoms with Gasteiger partial charge in [0.15, 0.2) is 0 Å². The molecular weight excluding hydrogens is 288 g/mol. The lowest BCUT2D eigenvalue weighted by atomic mass is 10.1. The van der Waals surface area contributed by atoms with Crippen LogP contribution in [0.25, 0.3) is 0 Å². The average molecular weight is 306 g/mol. The molecule has 0 aliphatic heterocycles. The third-order valence-electron chi connectivity index (χ3n) is 3.14. The number of nitrogen functional groups attached to an aromatic ring is 1. The van der Waals surface area contributed by atoms with Crippen LogP contribution in [0.3, 0.4) is 0 Å². The van der Waals surface area contributed by atoms with Crippen LogP contribution in [0.1, 0.15) is 18.5 Å². The van der Waals surface area contributed by atoms with Gasteiger partial charge in [-0.05, 0) is 43.8 Å². The van der Waals surface area contributed by atoms with E-state index in [0.717, 1.165) is 11.3 Å². The molecule has 2 rings (SSSR count). The van der Waals surface area contributed by atoms with E-state index in [9.17, 15) is 8.42 Å². The molecule has 1 unspecified atom stereocenters. The van der Waals surface area contributed by atoms with Crippen LogP contribution in [0, 0.1) is 0 Å². The Morgan fingerprint density at radius 3 is 2.62 bits per heavy atom. The van der Waals surface area contributed by atoms with Crippen molar-refractivity contribution in [3.63, 3.8) is 0 Å². The number of nitrogens with zero attached hydrogens (tertiary/aromatic N) is 1. The number of pyridine rings is 1. The van der Waals surface area contributed by atoms with Crippen LogP contribution in [0.4, 0.5) is 11.4 Å². The molecule has 0 aliphatic rings. The highest BCUT2D eigenvalue weighted by molar-refractivity contribution is 7.89. The number of aromatic nitrogens is 1. The average Bonchev–Trinajstić information content (AvgIpc) is 2.48. The highest BCUT2D eigenvalue weighted by Gasteiger charge is 2.15. The first-order valence-electron chi connectivity index (χ1n) is 6.43. The van der Waals surface area contributed by atoms with Gasteiger partial charge in [0.2, 0.25) is 10.0 Å². The fourth-order valence-electron chi connectivity index (χ4n) is 1.96. The largest absolute Gasteiger partial charge is 0.398 e. The van der Waals surface area contributed by atoms with E-state index in [0.29, 0.717) is 0 Å². The van der Waals surface area contributed by atoms with Crippen molar-refractivity contribution in [3.8, 4) is 0 Å². The van der Waals surface area contributed by atoms with Gasteiger partial charge < -0.3 is 11.1 Å². The monoisotopic (exact) mass is 306 g/mol. The molecule has 0 aliphatic carbocycles.